The van der Waals surface area contributed by atoms with Gasteiger partial charge in [0.05, 0.1) is 12.1 Å². The van der Waals surface area contributed by atoms with Crippen molar-refractivity contribution in [3.63, 3.8) is 0 Å². The third-order valence-corrected chi connectivity index (χ3v) is 4.65. The van der Waals surface area contributed by atoms with Crippen molar-refractivity contribution in [3.05, 3.63) is 29.8 Å². The van der Waals surface area contributed by atoms with Gasteiger partial charge in [0.2, 0.25) is 0 Å². The summed E-state index contributed by atoms with van der Waals surface area (Å²) in [5, 5.41) is 6.54. The standard InChI is InChI=1S/C19H29F3N4O/c1-14(2)26-10-7-16(8-11-26)25-18(23-3)24-9-12-27-17-6-4-5-15(13-17)19(20,21)22/h4-6,13-14,16H,7-12H2,1-3H3,(H2,23,24,25). The number of piperidine rings is 1. The van der Waals surface area contributed by atoms with E-state index in [2.05, 4.69) is 34.4 Å². The smallest absolute Gasteiger partial charge is 0.416 e. The molecule has 1 aromatic rings. The number of hydrogen-bond acceptors (Lipinski definition) is 3. The molecule has 0 spiro atoms. The van der Waals surface area contributed by atoms with Crippen LogP contribution in [0, 0.1) is 0 Å². The van der Waals surface area contributed by atoms with E-state index in [0.717, 1.165) is 38.1 Å². The first-order chi connectivity index (χ1) is 12.8. The van der Waals surface area contributed by atoms with Crippen LogP contribution >= 0.6 is 0 Å². The van der Waals surface area contributed by atoms with Crippen molar-refractivity contribution >= 4 is 5.96 Å². The number of nitrogens with zero attached hydrogens (tertiary/aromatic N) is 2. The second-order valence-electron chi connectivity index (χ2n) is 6.92. The van der Waals surface area contributed by atoms with E-state index >= 15 is 0 Å². The first kappa shape index (κ1) is 21.3. The Morgan fingerprint density at radius 2 is 2.00 bits per heavy atom. The first-order valence-corrected chi connectivity index (χ1v) is 9.31. The molecule has 0 atom stereocenters. The molecule has 8 heteroatoms. The van der Waals surface area contributed by atoms with Crippen molar-refractivity contribution in [1.29, 1.82) is 0 Å². The fraction of sp³-hybridized carbons (Fsp3) is 0.632. The van der Waals surface area contributed by atoms with Gasteiger partial charge < -0.3 is 20.3 Å². The molecule has 5 nitrogen and oxygen atoms in total. The van der Waals surface area contributed by atoms with Gasteiger partial charge in [0.15, 0.2) is 5.96 Å². The first-order valence-electron chi connectivity index (χ1n) is 9.31. The summed E-state index contributed by atoms with van der Waals surface area (Å²) >= 11 is 0. The second-order valence-corrected chi connectivity index (χ2v) is 6.92. The van der Waals surface area contributed by atoms with Crippen LogP contribution in [-0.4, -0.2) is 56.2 Å². The normalized spacial score (nSPS) is 17.2. The van der Waals surface area contributed by atoms with Gasteiger partial charge in [-0.15, -0.1) is 0 Å². The molecule has 0 radical (unpaired) electrons. The summed E-state index contributed by atoms with van der Waals surface area (Å²) in [6.45, 7) is 7.22. The highest BCUT2D eigenvalue weighted by Gasteiger charge is 2.30. The van der Waals surface area contributed by atoms with Crippen LogP contribution in [0.3, 0.4) is 0 Å². The molecule has 0 unspecified atom stereocenters. The molecule has 1 aliphatic heterocycles. The van der Waals surface area contributed by atoms with Crippen LogP contribution < -0.4 is 15.4 Å². The van der Waals surface area contributed by atoms with Crippen LogP contribution in [0.5, 0.6) is 5.75 Å². The minimum absolute atomic E-state index is 0.204. The lowest BCUT2D eigenvalue weighted by molar-refractivity contribution is -0.137. The summed E-state index contributed by atoms with van der Waals surface area (Å²) in [5.74, 6) is 0.890. The van der Waals surface area contributed by atoms with Gasteiger partial charge >= 0.3 is 6.18 Å². The lowest BCUT2D eigenvalue weighted by atomic mass is 10.0. The zero-order valence-corrected chi connectivity index (χ0v) is 16.1. The SMILES string of the molecule is CN=C(NCCOc1cccc(C(F)(F)F)c1)NC1CCN(C(C)C)CC1. The number of halogens is 3. The number of alkyl halides is 3. The lowest BCUT2D eigenvalue weighted by Gasteiger charge is -2.35. The Labute approximate surface area is 159 Å². The maximum absolute atomic E-state index is 12.7. The minimum Gasteiger partial charge on any atom is -0.492 e. The van der Waals surface area contributed by atoms with Crippen molar-refractivity contribution in [3.8, 4) is 5.75 Å². The lowest BCUT2D eigenvalue weighted by Crippen LogP contribution is -2.50. The predicted molar refractivity (Wildman–Crippen MR) is 101 cm³/mol. The number of rotatable bonds is 6. The highest BCUT2D eigenvalue weighted by atomic mass is 19.4. The highest BCUT2D eigenvalue weighted by molar-refractivity contribution is 5.79. The van der Waals surface area contributed by atoms with Crippen molar-refractivity contribution in [2.24, 2.45) is 4.99 Å². The molecule has 0 amide bonds. The highest BCUT2D eigenvalue weighted by Crippen LogP contribution is 2.31. The average Bonchev–Trinajstić information content (AvgIpc) is 2.64. The van der Waals surface area contributed by atoms with Gasteiger partial charge in [0.1, 0.15) is 12.4 Å². The molecular weight excluding hydrogens is 357 g/mol. The third kappa shape index (κ3) is 6.93. The van der Waals surface area contributed by atoms with E-state index in [-0.39, 0.29) is 12.4 Å². The Morgan fingerprint density at radius 3 is 2.59 bits per heavy atom. The Hall–Kier alpha value is -1.96. The summed E-state index contributed by atoms with van der Waals surface area (Å²) < 4.78 is 43.5. The van der Waals surface area contributed by atoms with E-state index in [1.807, 2.05) is 0 Å². The molecule has 1 aliphatic rings. The topological polar surface area (TPSA) is 48.9 Å². The summed E-state index contributed by atoms with van der Waals surface area (Å²) in [4.78, 5) is 6.66. The Kier molecular flexibility index (Phi) is 7.77. The van der Waals surface area contributed by atoms with Crippen LogP contribution in [0.1, 0.15) is 32.3 Å². The molecule has 152 valence electrons. The zero-order valence-electron chi connectivity index (χ0n) is 16.1. The number of aliphatic imine (C=N–C) groups is 1. The summed E-state index contributed by atoms with van der Waals surface area (Å²) in [5.41, 5.74) is -0.710. The quantitative estimate of drug-likeness (QED) is 0.448. The molecule has 0 bridgehead atoms. The van der Waals surface area contributed by atoms with Crippen LogP contribution in [0.2, 0.25) is 0 Å². The maximum Gasteiger partial charge on any atom is 0.416 e. The number of benzene rings is 1. The number of nitrogens with one attached hydrogen (secondary N) is 2. The molecule has 2 rings (SSSR count). The fourth-order valence-electron chi connectivity index (χ4n) is 3.05. The van der Waals surface area contributed by atoms with Crippen LogP contribution in [0.25, 0.3) is 0 Å². The Bertz CT molecular complexity index is 611. The fourth-order valence-corrected chi connectivity index (χ4v) is 3.05. The van der Waals surface area contributed by atoms with Gasteiger partial charge in [-0.2, -0.15) is 13.2 Å². The summed E-state index contributed by atoms with van der Waals surface area (Å²) in [6.07, 6.45) is -2.26. The van der Waals surface area contributed by atoms with Crippen molar-refractivity contribution in [1.82, 2.24) is 15.5 Å². The molecule has 27 heavy (non-hydrogen) atoms. The zero-order chi connectivity index (χ0) is 19.9. The number of guanidine groups is 1. The van der Waals surface area contributed by atoms with Gasteiger partial charge in [-0.1, -0.05) is 6.07 Å². The molecular formula is C19H29F3N4O. The van der Waals surface area contributed by atoms with E-state index in [1.54, 1.807) is 7.05 Å². The third-order valence-electron chi connectivity index (χ3n) is 4.65. The molecule has 2 N–H and O–H groups in total. The Balaban J connectivity index is 1.71. The van der Waals surface area contributed by atoms with Crippen LogP contribution in [0.4, 0.5) is 13.2 Å². The average molecular weight is 386 g/mol. The number of hydrogen-bond donors (Lipinski definition) is 2. The van der Waals surface area contributed by atoms with E-state index in [1.165, 1.54) is 12.1 Å². The van der Waals surface area contributed by atoms with E-state index < -0.39 is 11.7 Å². The van der Waals surface area contributed by atoms with Crippen molar-refractivity contribution in [2.45, 2.75) is 44.9 Å². The monoisotopic (exact) mass is 386 g/mol. The van der Waals surface area contributed by atoms with Gasteiger partial charge in [-0.05, 0) is 44.9 Å². The largest absolute Gasteiger partial charge is 0.492 e. The van der Waals surface area contributed by atoms with Crippen molar-refractivity contribution < 1.29 is 17.9 Å². The van der Waals surface area contributed by atoms with Gasteiger partial charge in [-0.3, -0.25) is 4.99 Å². The van der Waals surface area contributed by atoms with E-state index in [4.69, 9.17) is 4.74 Å². The maximum atomic E-state index is 12.7. The van der Waals surface area contributed by atoms with Gasteiger partial charge in [0, 0.05) is 32.2 Å². The van der Waals surface area contributed by atoms with Crippen LogP contribution in [-0.2, 0) is 6.18 Å². The van der Waals surface area contributed by atoms with Crippen LogP contribution in [0.15, 0.2) is 29.3 Å². The molecule has 1 heterocycles. The molecule has 1 fully saturated rings. The Morgan fingerprint density at radius 1 is 1.30 bits per heavy atom. The minimum atomic E-state index is -4.37. The van der Waals surface area contributed by atoms with Gasteiger partial charge in [0.25, 0.3) is 0 Å². The molecule has 0 saturated carbocycles. The van der Waals surface area contributed by atoms with Gasteiger partial charge in [-0.25, -0.2) is 0 Å². The van der Waals surface area contributed by atoms with Crippen molar-refractivity contribution in [2.75, 3.05) is 33.3 Å². The predicted octanol–water partition coefficient (Wildman–Crippen LogP) is 3.12. The summed E-state index contributed by atoms with van der Waals surface area (Å²) in [6, 6.07) is 5.84. The van der Waals surface area contributed by atoms with E-state index in [0.29, 0.717) is 24.6 Å². The molecule has 1 aromatic carbocycles. The molecule has 1 saturated heterocycles. The number of likely N-dealkylation sites (tertiary alicyclic amines) is 1. The molecule has 0 aliphatic carbocycles. The molecule has 0 aromatic heterocycles. The summed E-state index contributed by atoms with van der Waals surface area (Å²) in [7, 11) is 1.70. The van der Waals surface area contributed by atoms with E-state index in [9.17, 15) is 13.2 Å². The number of ether oxygens (including phenoxy) is 1. The second kappa shape index (κ2) is 9.82.